The molecule has 2 aromatic rings. The molecule has 0 saturated heterocycles. The number of hydrogen-bond acceptors (Lipinski definition) is 4. The quantitative estimate of drug-likeness (QED) is 0.686. The van der Waals surface area contributed by atoms with E-state index in [0.29, 0.717) is 0 Å². The van der Waals surface area contributed by atoms with Gasteiger partial charge >= 0.3 is 6.03 Å². The first-order chi connectivity index (χ1) is 11.6. The lowest BCUT2D eigenvalue weighted by Crippen LogP contribution is -2.42. The van der Waals surface area contributed by atoms with Crippen LogP contribution in [0.25, 0.3) is 0 Å². The Labute approximate surface area is 146 Å². The van der Waals surface area contributed by atoms with Crippen LogP contribution in [0.15, 0.2) is 41.1 Å². The molecule has 2 amide bonds. The highest BCUT2D eigenvalue weighted by Crippen LogP contribution is 2.15. The maximum atomic E-state index is 11.9. The number of carbonyl (C=O) groups is 1. The maximum absolute atomic E-state index is 11.9. The first-order valence-corrected chi connectivity index (χ1v) is 8.90. The third kappa shape index (κ3) is 5.86. The van der Waals surface area contributed by atoms with Crippen molar-refractivity contribution in [2.24, 2.45) is 0 Å². The molecule has 0 aliphatic heterocycles. The van der Waals surface area contributed by atoms with E-state index in [2.05, 4.69) is 10.6 Å². The fourth-order valence-corrected chi connectivity index (χ4v) is 3.00. The Morgan fingerprint density at radius 1 is 1.29 bits per heavy atom. The smallest absolute Gasteiger partial charge is 0.315 e. The van der Waals surface area contributed by atoms with Crippen molar-refractivity contribution >= 4 is 17.4 Å². The number of carbonyl (C=O) groups excluding carboxylic acids is 1. The second kappa shape index (κ2) is 9.30. The minimum Gasteiger partial charge on any atom is -0.497 e. The highest BCUT2D eigenvalue weighted by molar-refractivity contribution is 7.07. The lowest BCUT2D eigenvalue weighted by molar-refractivity contribution is 0.173. The minimum atomic E-state index is -0.670. The average molecular weight is 348 g/mol. The minimum absolute atomic E-state index is 0.0467. The molecule has 1 aromatic heterocycles. The van der Waals surface area contributed by atoms with E-state index in [0.717, 1.165) is 24.2 Å². The lowest BCUT2D eigenvalue weighted by Gasteiger charge is -2.16. The molecule has 24 heavy (non-hydrogen) atoms. The Hall–Kier alpha value is -2.05. The molecule has 0 fully saturated rings. The summed E-state index contributed by atoms with van der Waals surface area (Å²) in [5.41, 5.74) is 2.03. The van der Waals surface area contributed by atoms with Gasteiger partial charge in [0.15, 0.2) is 0 Å². The number of rotatable bonds is 8. The molecular weight excluding hydrogens is 324 g/mol. The third-order valence-electron chi connectivity index (χ3n) is 3.79. The van der Waals surface area contributed by atoms with Crippen LogP contribution in [0.3, 0.4) is 0 Å². The summed E-state index contributed by atoms with van der Waals surface area (Å²) in [6.07, 6.45) is 1.05. The molecular formula is C18H24N2O3S. The molecule has 130 valence electrons. The Bertz CT molecular complexity index is 614. The van der Waals surface area contributed by atoms with Crippen LogP contribution in [0.1, 0.15) is 30.6 Å². The molecule has 0 aliphatic carbocycles. The molecule has 0 bridgehead atoms. The number of urea groups is 1. The first kappa shape index (κ1) is 18.3. The number of nitrogens with one attached hydrogen (secondary N) is 2. The molecule has 0 spiro atoms. The highest BCUT2D eigenvalue weighted by Gasteiger charge is 2.11. The standard InChI is InChI=1S/C18H24N2O3S/c1-13(3-4-14-5-7-16(23-2)8-6-14)20-18(22)19-11-17(21)15-9-10-24-12-15/h5-10,12-13,17,21H,3-4,11H2,1-2H3,(H2,19,20,22)/t13-,17+/m0/s1. The van der Waals surface area contributed by atoms with Crippen molar-refractivity contribution in [3.63, 3.8) is 0 Å². The molecule has 0 radical (unpaired) electrons. The summed E-state index contributed by atoms with van der Waals surface area (Å²) in [7, 11) is 1.65. The van der Waals surface area contributed by atoms with Gasteiger partial charge in [-0.2, -0.15) is 11.3 Å². The summed E-state index contributed by atoms with van der Waals surface area (Å²) in [6, 6.07) is 9.58. The second-order valence-electron chi connectivity index (χ2n) is 5.71. The maximum Gasteiger partial charge on any atom is 0.315 e. The molecule has 0 unspecified atom stereocenters. The van der Waals surface area contributed by atoms with Crippen molar-refractivity contribution in [1.29, 1.82) is 0 Å². The topological polar surface area (TPSA) is 70.6 Å². The predicted molar refractivity (Wildman–Crippen MR) is 96.6 cm³/mol. The van der Waals surface area contributed by atoms with Crippen molar-refractivity contribution in [2.45, 2.75) is 31.9 Å². The van der Waals surface area contributed by atoms with Crippen LogP contribution in [0.2, 0.25) is 0 Å². The van der Waals surface area contributed by atoms with Crippen LogP contribution in [-0.4, -0.2) is 30.8 Å². The Balaban J connectivity index is 1.67. The van der Waals surface area contributed by atoms with E-state index in [1.807, 2.05) is 48.0 Å². The lowest BCUT2D eigenvalue weighted by atomic mass is 10.1. The molecule has 1 aromatic carbocycles. The van der Waals surface area contributed by atoms with Gasteiger partial charge in [-0.1, -0.05) is 12.1 Å². The molecule has 5 nitrogen and oxygen atoms in total. The fourth-order valence-electron chi connectivity index (χ4n) is 2.29. The monoisotopic (exact) mass is 348 g/mol. The van der Waals surface area contributed by atoms with Crippen LogP contribution >= 0.6 is 11.3 Å². The normalized spacial score (nSPS) is 13.1. The van der Waals surface area contributed by atoms with Gasteiger partial charge in [0.05, 0.1) is 13.2 Å². The zero-order chi connectivity index (χ0) is 17.4. The number of aryl methyl sites for hydroxylation is 1. The van der Waals surface area contributed by atoms with Crippen LogP contribution < -0.4 is 15.4 Å². The Morgan fingerprint density at radius 3 is 2.67 bits per heavy atom. The van der Waals surface area contributed by atoms with Crippen LogP contribution in [0.4, 0.5) is 4.79 Å². The average Bonchev–Trinajstić information content (AvgIpc) is 3.13. The fraction of sp³-hybridized carbons (Fsp3) is 0.389. The molecule has 0 saturated carbocycles. The molecule has 6 heteroatoms. The van der Waals surface area contributed by atoms with Crippen molar-refractivity contribution in [2.75, 3.05) is 13.7 Å². The van der Waals surface area contributed by atoms with E-state index >= 15 is 0 Å². The van der Waals surface area contributed by atoms with Gasteiger partial charge in [-0.3, -0.25) is 0 Å². The van der Waals surface area contributed by atoms with E-state index in [9.17, 15) is 9.90 Å². The summed E-state index contributed by atoms with van der Waals surface area (Å²) < 4.78 is 5.14. The van der Waals surface area contributed by atoms with Gasteiger partial charge in [0.1, 0.15) is 5.75 Å². The van der Waals surface area contributed by atoms with E-state index < -0.39 is 6.10 Å². The Kier molecular flexibility index (Phi) is 7.08. The van der Waals surface area contributed by atoms with Gasteiger partial charge in [-0.25, -0.2) is 4.79 Å². The zero-order valence-electron chi connectivity index (χ0n) is 14.0. The van der Waals surface area contributed by atoms with Gasteiger partial charge in [-0.05, 0) is 59.9 Å². The van der Waals surface area contributed by atoms with Crippen LogP contribution in [0.5, 0.6) is 5.75 Å². The van der Waals surface area contributed by atoms with Gasteiger partial charge in [0.2, 0.25) is 0 Å². The van der Waals surface area contributed by atoms with Crippen molar-refractivity contribution in [3.8, 4) is 5.75 Å². The van der Waals surface area contributed by atoms with Gasteiger partial charge < -0.3 is 20.5 Å². The van der Waals surface area contributed by atoms with Crippen molar-refractivity contribution in [3.05, 3.63) is 52.2 Å². The van der Waals surface area contributed by atoms with Gasteiger partial charge in [0, 0.05) is 12.6 Å². The summed E-state index contributed by atoms with van der Waals surface area (Å²) in [6.45, 7) is 2.17. The second-order valence-corrected chi connectivity index (χ2v) is 6.49. The SMILES string of the molecule is COc1ccc(CC[C@H](C)NC(=O)NC[C@@H](O)c2ccsc2)cc1. The number of thiophene rings is 1. The number of hydrogen-bond donors (Lipinski definition) is 3. The molecule has 2 atom stereocenters. The number of aliphatic hydroxyl groups excluding tert-OH is 1. The predicted octanol–water partition coefficient (Wildman–Crippen LogP) is 3.11. The number of ether oxygens (including phenoxy) is 1. The molecule has 3 N–H and O–H groups in total. The van der Waals surface area contributed by atoms with E-state index in [4.69, 9.17) is 4.74 Å². The first-order valence-electron chi connectivity index (χ1n) is 7.96. The van der Waals surface area contributed by atoms with Crippen molar-refractivity contribution < 1.29 is 14.6 Å². The molecule has 1 heterocycles. The third-order valence-corrected chi connectivity index (χ3v) is 4.49. The van der Waals surface area contributed by atoms with E-state index in [1.54, 1.807) is 7.11 Å². The van der Waals surface area contributed by atoms with Gasteiger partial charge in [-0.15, -0.1) is 0 Å². The molecule has 2 rings (SSSR count). The number of methoxy groups -OCH3 is 1. The van der Waals surface area contributed by atoms with Crippen LogP contribution in [0, 0.1) is 0 Å². The number of aliphatic hydroxyl groups is 1. The summed E-state index contributed by atoms with van der Waals surface area (Å²) >= 11 is 1.52. The van der Waals surface area contributed by atoms with Crippen LogP contribution in [-0.2, 0) is 6.42 Å². The Morgan fingerprint density at radius 2 is 2.04 bits per heavy atom. The number of amides is 2. The summed E-state index contributed by atoms with van der Waals surface area (Å²) in [5.74, 6) is 0.841. The summed E-state index contributed by atoms with van der Waals surface area (Å²) in [5, 5.41) is 19.3. The van der Waals surface area contributed by atoms with Gasteiger partial charge in [0.25, 0.3) is 0 Å². The van der Waals surface area contributed by atoms with E-state index in [-0.39, 0.29) is 18.6 Å². The van der Waals surface area contributed by atoms with E-state index in [1.165, 1.54) is 16.9 Å². The zero-order valence-corrected chi connectivity index (χ0v) is 14.8. The molecule has 0 aliphatic rings. The van der Waals surface area contributed by atoms with Crippen molar-refractivity contribution in [1.82, 2.24) is 10.6 Å². The summed E-state index contributed by atoms with van der Waals surface area (Å²) in [4.78, 5) is 11.9. The highest BCUT2D eigenvalue weighted by atomic mass is 32.1. The number of benzene rings is 1. The largest absolute Gasteiger partial charge is 0.497 e.